The van der Waals surface area contributed by atoms with Crippen LogP contribution in [0.2, 0.25) is 0 Å². The monoisotopic (exact) mass is 412 g/mol. The molecule has 1 aromatic carbocycles. The van der Waals surface area contributed by atoms with Gasteiger partial charge in [-0.25, -0.2) is 4.99 Å². The van der Waals surface area contributed by atoms with Crippen LogP contribution < -0.4 is 15.4 Å². The maximum absolute atomic E-state index is 5.45. The summed E-state index contributed by atoms with van der Waals surface area (Å²) in [5.41, 5.74) is 1.05. The van der Waals surface area contributed by atoms with E-state index in [0.29, 0.717) is 6.54 Å². The molecule has 0 aliphatic heterocycles. The van der Waals surface area contributed by atoms with Gasteiger partial charge in [0.05, 0.1) is 19.7 Å². The predicted molar refractivity (Wildman–Crippen MR) is 117 cm³/mol. The molecule has 8 heteroatoms. The average molecular weight is 413 g/mol. The molecule has 3 rings (SSSR count). The minimum Gasteiger partial charge on any atom is -0.496 e. The fraction of sp³-hybridized carbons (Fsp3) is 0.381. The first-order chi connectivity index (χ1) is 14.2. The molecule has 0 saturated carbocycles. The fourth-order valence-electron chi connectivity index (χ4n) is 3.00. The predicted octanol–water partition coefficient (Wildman–Crippen LogP) is 3.41. The van der Waals surface area contributed by atoms with Crippen LogP contribution in [0.1, 0.15) is 36.2 Å². The molecule has 0 fully saturated rings. The molecule has 2 aromatic heterocycles. The smallest absolute Gasteiger partial charge is 0.192 e. The highest BCUT2D eigenvalue weighted by Gasteiger charge is 2.10. The van der Waals surface area contributed by atoms with Crippen LogP contribution in [0, 0.1) is 0 Å². The van der Waals surface area contributed by atoms with Gasteiger partial charge >= 0.3 is 0 Å². The molecule has 1 unspecified atom stereocenters. The summed E-state index contributed by atoms with van der Waals surface area (Å²) in [7, 11) is 1.68. The number of hydrogen-bond donors (Lipinski definition) is 2. The van der Waals surface area contributed by atoms with E-state index in [-0.39, 0.29) is 6.04 Å². The maximum atomic E-state index is 5.45. The Balaban J connectivity index is 1.68. The van der Waals surface area contributed by atoms with Crippen LogP contribution in [0.25, 0.3) is 0 Å². The summed E-state index contributed by atoms with van der Waals surface area (Å²) in [5, 5.41) is 17.2. The van der Waals surface area contributed by atoms with Crippen molar-refractivity contribution in [2.45, 2.75) is 39.4 Å². The Morgan fingerprint density at radius 1 is 1.28 bits per heavy atom. The number of benzene rings is 1. The van der Waals surface area contributed by atoms with Crippen molar-refractivity contribution in [3.63, 3.8) is 0 Å². The lowest BCUT2D eigenvalue weighted by atomic mass is 10.2. The van der Waals surface area contributed by atoms with Gasteiger partial charge in [0.1, 0.15) is 17.9 Å². The minimum absolute atomic E-state index is 0.167. The Bertz CT molecular complexity index is 906. The largest absolute Gasteiger partial charge is 0.496 e. The molecule has 154 valence electrons. The molecule has 2 heterocycles. The van der Waals surface area contributed by atoms with Crippen molar-refractivity contribution in [2.75, 3.05) is 13.7 Å². The number of rotatable bonds is 9. The maximum Gasteiger partial charge on any atom is 0.192 e. The van der Waals surface area contributed by atoms with E-state index < -0.39 is 0 Å². The summed E-state index contributed by atoms with van der Waals surface area (Å²) in [5.74, 6) is 2.60. The van der Waals surface area contributed by atoms with E-state index in [0.717, 1.165) is 42.6 Å². The highest BCUT2D eigenvalue weighted by molar-refractivity contribution is 7.10. The highest BCUT2D eigenvalue weighted by atomic mass is 32.1. The molecule has 0 spiro atoms. The summed E-state index contributed by atoms with van der Waals surface area (Å²) in [6, 6.07) is 12.3. The number of guanidine groups is 1. The Morgan fingerprint density at radius 2 is 2.14 bits per heavy atom. The third kappa shape index (κ3) is 5.80. The van der Waals surface area contributed by atoms with Gasteiger partial charge in [-0.05, 0) is 24.4 Å². The Morgan fingerprint density at radius 3 is 2.90 bits per heavy atom. The van der Waals surface area contributed by atoms with Crippen molar-refractivity contribution in [3.05, 3.63) is 64.4 Å². The van der Waals surface area contributed by atoms with E-state index in [1.165, 1.54) is 4.88 Å². The Labute approximate surface area is 175 Å². The number of aliphatic imine (C=N–C) groups is 1. The summed E-state index contributed by atoms with van der Waals surface area (Å²) in [6.45, 7) is 6.25. The molecule has 3 aromatic rings. The highest BCUT2D eigenvalue weighted by Crippen LogP contribution is 2.19. The number of hydrogen-bond acceptors (Lipinski definition) is 5. The van der Waals surface area contributed by atoms with Gasteiger partial charge in [-0.15, -0.1) is 21.5 Å². The van der Waals surface area contributed by atoms with Gasteiger partial charge in [0.15, 0.2) is 5.96 Å². The van der Waals surface area contributed by atoms with E-state index in [4.69, 9.17) is 9.73 Å². The Hall–Kier alpha value is -2.87. The average Bonchev–Trinajstić information content (AvgIpc) is 3.44. The number of aromatic nitrogens is 3. The molecule has 0 amide bonds. The topological polar surface area (TPSA) is 76.4 Å². The molecule has 7 nitrogen and oxygen atoms in total. The van der Waals surface area contributed by atoms with Crippen LogP contribution in [-0.4, -0.2) is 34.4 Å². The van der Waals surface area contributed by atoms with E-state index >= 15 is 0 Å². The van der Waals surface area contributed by atoms with Crippen molar-refractivity contribution in [3.8, 4) is 5.75 Å². The zero-order chi connectivity index (χ0) is 20.5. The standard InChI is InChI=1S/C21H28N6OS/c1-4-20-26-24-15-27(20)12-11-22-21(25-16(2)19-10-7-13-29-19)23-14-17-8-5-6-9-18(17)28-3/h5-10,13,15-16H,4,11-12,14H2,1-3H3,(H2,22,23,25). The van der Waals surface area contributed by atoms with Crippen molar-refractivity contribution in [1.29, 1.82) is 0 Å². The number of thiophene rings is 1. The fourth-order valence-corrected chi connectivity index (χ4v) is 3.73. The van der Waals surface area contributed by atoms with E-state index in [2.05, 4.69) is 56.8 Å². The number of para-hydroxylation sites is 1. The summed E-state index contributed by atoms with van der Waals surface area (Å²) >= 11 is 1.73. The second-order valence-corrected chi connectivity index (χ2v) is 7.56. The number of aryl methyl sites for hydroxylation is 1. The van der Waals surface area contributed by atoms with E-state index in [1.54, 1.807) is 24.8 Å². The first kappa shape index (κ1) is 20.9. The zero-order valence-corrected chi connectivity index (χ0v) is 17.9. The van der Waals surface area contributed by atoms with Crippen LogP contribution >= 0.6 is 11.3 Å². The van der Waals surface area contributed by atoms with E-state index in [1.807, 2.05) is 24.3 Å². The van der Waals surface area contributed by atoms with Gasteiger partial charge in [-0.1, -0.05) is 31.2 Å². The summed E-state index contributed by atoms with van der Waals surface area (Å²) < 4.78 is 7.51. The summed E-state index contributed by atoms with van der Waals surface area (Å²) in [4.78, 5) is 6.06. The van der Waals surface area contributed by atoms with Crippen molar-refractivity contribution < 1.29 is 4.74 Å². The van der Waals surface area contributed by atoms with Crippen LogP contribution in [0.4, 0.5) is 0 Å². The third-order valence-electron chi connectivity index (χ3n) is 4.58. The van der Waals surface area contributed by atoms with Crippen LogP contribution in [-0.2, 0) is 19.5 Å². The number of nitrogens with one attached hydrogen (secondary N) is 2. The lowest BCUT2D eigenvalue weighted by Gasteiger charge is -2.18. The van der Waals surface area contributed by atoms with Crippen molar-refractivity contribution >= 4 is 17.3 Å². The SMILES string of the molecule is CCc1nncn1CCNC(=NCc1ccccc1OC)NC(C)c1cccs1. The molecule has 1 atom stereocenters. The molecule has 0 bridgehead atoms. The number of methoxy groups -OCH3 is 1. The third-order valence-corrected chi connectivity index (χ3v) is 5.64. The lowest BCUT2D eigenvalue weighted by molar-refractivity contribution is 0.410. The van der Waals surface area contributed by atoms with Gasteiger partial charge < -0.3 is 19.9 Å². The first-order valence-corrected chi connectivity index (χ1v) is 10.7. The minimum atomic E-state index is 0.167. The van der Waals surface area contributed by atoms with Crippen LogP contribution in [0.3, 0.4) is 0 Å². The van der Waals surface area contributed by atoms with Crippen molar-refractivity contribution in [1.82, 2.24) is 25.4 Å². The van der Waals surface area contributed by atoms with E-state index in [9.17, 15) is 0 Å². The summed E-state index contributed by atoms with van der Waals surface area (Å²) in [6.07, 6.45) is 2.64. The quantitative estimate of drug-likeness (QED) is 0.416. The molecule has 29 heavy (non-hydrogen) atoms. The first-order valence-electron chi connectivity index (χ1n) is 9.78. The van der Waals surface area contributed by atoms with Gasteiger partial charge in [-0.2, -0.15) is 0 Å². The van der Waals surface area contributed by atoms with Gasteiger partial charge in [0.2, 0.25) is 0 Å². The Kier molecular flexibility index (Phi) is 7.63. The number of nitrogens with zero attached hydrogens (tertiary/aromatic N) is 4. The van der Waals surface area contributed by atoms with Gasteiger partial charge in [0, 0.05) is 30.0 Å². The number of ether oxygens (including phenoxy) is 1. The van der Waals surface area contributed by atoms with Gasteiger partial charge in [-0.3, -0.25) is 0 Å². The molecular weight excluding hydrogens is 384 g/mol. The second kappa shape index (κ2) is 10.6. The molecule has 0 aliphatic rings. The normalized spacial score (nSPS) is 12.6. The van der Waals surface area contributed by atoms with Crippen LogP contribution in [0.5, 0.6) is 5.75 Å². The molecule has 0 radical (unpaired) electrons. The molecular formula is C21H28N6OS. The second-order valence-electron chi connectivity index (χ2n) is 6.58. The van der Waals surface area contributed by atoms with Gasteiger partial charge in [0.25, 0.3) is 0 Å². The molecule has 0 aliphatic carbocycles. The zero-order valence-electron chi connectivity index (χ0n) is 17.1. The lowest BCUT2D eigenvalue weighted by Crippen LogP contribution is -2.40. The van der Waals surface area contributed by atoms with Crippen LogP contribution in [0.15, 0.2) is 53.1 Å². The molecule has 0 saturated heterocycles. The van der Waals surface area contributed by atoms with Crippen molar-refractivity contribution in [2.24, 2.45) is 4.99 Å². The molecule has 2 N–H and O–H groups in total.